The van der Waals surface area contributed by atoms with Crippen LogP contribution in [0.15, 0.2) is 47.5 Å². The van der Waals surface area contributed by atoms with Crippen molar-refractivity contribution in [3.8, 4) is 17.6 Å². The number of aromatic nitrogens is 2. The van der Waals surface area contributed by atoms with Crippen LogP contribution < -0.4 is 25.5 Å². The van der Waals surface area contributed by atoms with Gasteiger partial charge >= 0.3 is 12.2 Å². The smallest absolute Gasteiger partial charge is 0.418 e. The van der Waals surface area contributed by atoms with Crippen molar-refractivity contribution in [1.29, 1.82) is 0 Å². The molecular weight excluding hydrogens is 507 g/mol. The standard InChI is InChI=1S/C29H32F3N5O2/c1-5-23-25(17-33-4)35-28(36-27(23)38)39-22-12-13-26(24(15-22)29(30,31)32)37(21-7-6-14-34-16-21)20-10-8-19(9-11-20)18(2)3/h5,8-13,15,17-18,21,34H,4,6-7,14,16H2,1-3H3,(H,35,36,38)/b23-5+,25-17+. The monoisotopic (exact) mass is 539 g/mol. The van der Waals surface area contributed by atoms with Crippen molar-refractivity contribution in [2.45, 2.75) is 51.7 Å². The molecule has 1 aromatic heterocycles. The van der Waals surface area contributed by atoms with Crippen LogP contribution in [0.3, 0.4) is 0 Å². The topological polar surface area (TPSA) is 82.9 Å². The Morgan fingerprint density at radius 1 is 1.18 bits per heavy atom. The van der Waals surface area contributed by atoms with E-state index in [1.54, 1.807) is 17.9 Å². The molecule has 1 aliphatic heterocycles. The van der Waals surface area contributed by atoms with Gasteiger partial charge < -0.3 is 20.1 Å². The highest BCUT2D eigenvalue weighted by atomic mass is 19.4. The summed E-state index contributed by atoms with van der Waals surface area (Å²) < 4.78 is 49.1. The van der Waals surface area contributed by atoms with Crippen molar-refractivity contribution < 1.29 is 23.0 Å². The maximum atomic E-state index is 14.5. The van der Waals surface area contributed by atoms with E-state index in [2.05, 4.69) is 40.8 Å². The number of hydrogen-bond donors (Lipinski definition) is 2. The lowest BCUT2D eigenvalue weighted by Gasteiger charge is -2.38. The van der Waals surface area contributed by atoms with Crippen molar-refractivity contribution >= 4 is 30.4 Å². The van der Waals surface area contributed by atoms with Gasteiger partial charge in [0.05, 0.1) is 28.0 Å². The van der Waals surface area contributed by atoms with Gasteiger partial charge in [-0.2, -0.15) is 23.1 Å². The Balaban J connectivity index is 1.80. The van der Waals surface area contributed by atoms with Gasteiger partial charge in [0.1, 0.15) is 5.75 Å². The molecule has 39 heavy (non-hydrogen) atoms. The molecule has 0 saturated carbocycles. The molecule has 1 aliphatic rings. The number of halogens is 3. The fourth-order valence-electron chi connectivity index (χ4n) is 4.70. The minimum absolute atomic E-state index is 0.0328. The molecule has 3 aromatic rings. The van der Waals surface area contributed by atoms with Gasteiger partial charge in [-0.05, 0) is 74.8 Å². The molecule has 1 saturated heterocycles. The molecule has 2 heterocycles. The van der Waals surface area contributed by atoms with Gasteiger partial charge in [0.15, 0.2) is 0 Å². The van der Waals surface area contributed by atoms with Crippen LogP contribution >= 0.6 is 0 Å². The lowest BCUT2D eigenvalue weighted by molar-refractivity contribution is -0.137. The molecule has 1 unspecified atom stereocenters. The largest absolute Gasteiger partial charge is 0.493 e. The summed E-state index contributed by atoms with van der Waals surface area (Å²) in [6, 6.07) is 11.0. The van der Waals surface area contributed by atoms with Crippen molar-refractivity contribution in [2.75, 3.05) is 18.0 Å². The Bertz CT molecular complexity index is 1430. The molecule has 0 amide bonds. The Morgan fingerprint density at radius 3 is 2.51 bits per heavy atom. The van der Waals surface area contributed by atoms with Crippen molar-refractivity contribution in [2.24, 2.45) is 4.99 Å². The number of alkyl halides is 3. The number of anilines is 2. The van der Waals surface area contributed by atoms with E-state index in [9.17, 15) is 18.3 Å². The highest BCUT2D eigenvalue weighted by Crippen LogP contribution is 2.43. The Labute approximate surface area is 225 Å². The lowest BCUT2D eigenvalue weighted by Crippen LogP contribution is -2.44. The Kier molecular flexibility index (Phi) is 8.54. The molecular formula is C29H32F3N5O2. The summed E-state index contributed by atoms with van der Waals surface area (Å²) in [4.78, 5) is 13.5. The van der Waals surface area contributed by atoms with Crippen LogP contribution in [-0.4, -0.2) is 40.9 Å². The van der Waals surface area contributed by atoms with E-state index in [4.69, 9.17) is 4.74 Å². The summed E-state index contributed by atoms with van der Waals surface area (Å²) >= 11 is 0. The first kappa shape index (κ1) is 28.1. The third-order valence-electron chi connectivity index (χ3n) is 6.65. The van der Waals surface area contributed by atoms with Crippen LogP contribution in [0.25, 0.3) is 12.3 Å². The molecule has 0 spiro atoms. The van der Waals surface area contributed by atoms with E-state index in [0.717, 1.165) is 31.0 Å². The molecule has 1 atom stereocenters. The summed E-state index contributed by atoms with van der Waals surface area (Å²) in [6.07, 6.45) is -0.177. The number of benzene rings is 2. The van der Waals surface area contributed by atoms with E-state index < -0.39 is 11.7 Å². The first-order valence-electron chi connectivity index (χ1n) is 12.8. The van der Waals surface area contributed by atoms with Gasteiger partial charge in [-0.3, -0.25) is 4.99 Å². The molecule has 4 rings (SSSR count). The van der Waals surface area contributed by atoms with Crippen LogP contribution in [0, 0.1) is 0 Å². The maximum absolute atomic E-state index is 14.5. The molecule has 7 nitrogen and oxygen atoms in total. The molecule has 2 N–H and O–H groups in total. The average molecular weight is 540 g/mol. The second-order valence-corrected chi connectivity index (χ2v) is 9.62. The van der Waals surface area contributed by atoms with Crippen LogP contribution in [0.2, 0.25) is 0 Å². The summed E-state index contributed by atoms with van der Waals surface area (Å²) in [5.41, 5.74) is 0.980. The van der Waals surface area contributed by atoms with Gasteiger partial charge in [-0.1, -0.05) is 32.1 Å². The SMILES string of the molecule is C=N/C=c1/nc(Oc2ccc(N(c3ccc(C(C)C)cc3)C3CCCNC3)c(C(F)(F)F)c2)nc(O)/c1=C/C. The fourth-order valence-corrected chi connectivity index (χ4v) is 4.70. The van der Waals surface area contributed by atoms with E-state index in [0.29, 0.717) is 23.4 Å². The number of piperidine rings is 1. The highest BCUT2D eigenvalue weighted by Gasteiger charge is 2.37. The lowest BCUT2D eigenvalue weighted by atomic mass is 9.99. The van der Waals surface area contributed by atoms with E-state index in [1.807, 2.05) is 24.3 Å². The zero-order valence-corrected chi connectivity index (χ0v) is 22.2. The Morgan fingerprint density at radius 2 is 1.92 bits per heavy atom. The number of aromatic hydroxyl groups is 1. The molecule has 2 aromatic carbocycles. The van der Waals surface area contributed by atoms with Gasteiger partial charge in [0, 0.05) is 18.3 Å². The van der Waals surface area contributed by atoms with Crippen molar-refractivity contribution in [3.05, 3.63) is 64.2 Å². The molecule has 1 fully saturated rings. The number of nitrogens with zero attached hydrogens (tertiary/aromatic N) is 4. The second-order valence-electron chi connectivity index (χ2n) is 9.62. The molecule has 206 valence electrons. The van der Waals surface area contributed by atoms with Crippen LogP contribution in [0.4, 0.5) is 24.5 Å². The first-order valence-corrected chi connectivity index (χ1v) is 12.8. The van der Waals surface area contributed by atoms with E-state index in [1.165, 1.54) is 18.3 Å². The third-order valence-corrected chi connectivity index (χ3v) is 6.65. The zero-order valence-electron chi connectivity index (χ0n) is 22.2. The quantitative estimate of drug-likeness (QED) is 0.400. The van der Waals surface area contributed by atoms with Gasteiger partial charge in [0.2, 0.25) is 5.88 Å². The van der Waals surface area contributed by atoms with Gasteiger partial charge in [-0.15, -0.1) is 0 Å². The van der Waals surface area contributed by atoms with Gasteiger partial charge in [-0.25, -0.2) is 0 Å². The number of rotatable bonds is 7. The van der Waals surface area contributed by atoms with Crippen LogP contribution in [0.5, 0.6) is 17.6 Å². The highest BCUT2D eigenvalue weighted by molar-refractivity contribution is 5.69. The minimum Gasteiger partial charge on any atom is -0.493 e. The predicted molar refractivity (Wildman–Crippen MR) is 147 cm³/mol. The summed E-state index contributed by atoms with van der Waals surface area (Å²) in [5.74, 6) is -0.198. The van der Waals surface area contributed by atoms with E-state index in [-0.39, 0.29) is 34.7 Å². The minimum atomic E-state index is -4.66. The normalized spacial score (nSPS) is 16.9. The second kappa shape index (κ2) is 11.9. The summed E-state index contributed by atoms with van der Waals surface area (Å²) in [5, 5.41) is 14.1. The average Bonchev–Trinajstić information content (AvgIpc) is 2.90. The van der Waals surface area contributed by atoms with Gasteiger partial charge in [0.25, 0.3) is 0 Å². The predicted octanol–water partition coefficient (Wildman–Crippen LogP) is 5.25. The first-order chi connectivity index (χ1) is 18.6. The number of ether oxygens (including phenoxy) is 1. The number of hydrogen-bond acceptors (Lipinski definition) is 7. The number of aliphatic imine (C=N–C) groups is 1. The molecule has 0 bridgehead atoms. The van der Waals surface area contributed by atoms with Crippen molar-refractivity contribution in [1.82, 2.24) is 15.3 Å². The zero-order chi connectivity index (χ0) is 28.2. The Hall–Kier alpha value is -3.92. The molecule has 0 radical (unpaired) electrons. The summed E-state index contributed by atoms with van der Waals surface area (Å²) in [6.45, 7) is 10.6. The number of nitrogens with one attached hydrogen (secondary N) is 1. The molecule has 0 aliphatic carbocycles. The third kappa shape index (κ3) is 6.39. The fraction of sp³-hybridized carbons (Fsp3) is 0.345. The van der Waals surface area contributed by atoms with E-state index >= 15 is 0 Å². The maximum Gasteiger partial charge on any atom is 0.418 e. The summed E-state index contributed by atoms with van der Waals surface area (Å²) in [7, 11) is 0. The molecule has 10 heteroatoms. The van der Waals surface area contributed by atoms with Crippen LogP contribution in [0.1, 0.15) is 50.7 Å². The van der Waals surface area contributed by atoms with Crippen LogP contribution in [-0.2, 0) is 6.18 Å². The van der Waals surface area contributed by atoms with Crippen molar-refractivity contribution in [3.63, 3.8) is 0 Å².